The van der Waals surface area contributed by atoms with Crippen LogP contribution in [0, 0.1) is 0 Å². The zero-order valence-corrected chi connectivity index (χ0v) is 40.5. The van der Waals surface area contributed by atoms with Gasteiger partial charge in [-0.3, -0.25) is 14.4 Å². The summed E-state index contributed by atoms with van der Waals surface area (Å²) in [7, 11) is 0. The van der Waals surface area contributed by atoms with E-state index >= 15 is 0 Å². The third-order valence-electron chi connectivity index (χ3n) is 10.2. The predicted molar refractivity (Wildman–Crippen MR) is 270 cm³/mol. The Morgan fingerprint density at radius 2 is 0.635 bits per heavy atom. The molecule has 0 aliphatic rings. The van der Waals surface area contributed by atoms with E-state index in [0.29, 0.717) is 12.8 Å². The Balaban J connectivity index is 4.55. The largest absolute Gasteiger partial charge is 0.462 e. The molecule has 0 spiro atoms. The molecule has 0 saturated heterocycles. The molecule has 0 radical (unpaired) electrons. The summed E-state index contributed by atoms with van der Waals surface area (Å²) in [5.41, 5.74) is 0. The van der Waals surface area contributed by atoms with Crippen LogP contribution in [0.3, 0.4) is 0 Å². The topological polar surface area (TPSA) is 78.9 Å². The summed E-state index contributed by atoms with van der Waals surface area (Å²) >= 11 is 0. The van der Waals surface area contributed by atoms with Crippen LogP contribution in [0.15, 0.2) is 109 Å². The number of hydrogen-bond donors (Lipinski definition) is 0. The molecule has 0 fully saturated rings. The maximum atomic E-state index is 12.8. The van der Waals surface area contributed by atoms with Crippen LogP contribution in [0.1, 0.15) is 213 Å². The molecule has 0 bridgehead atoms. The zero-order chi connectivity index (χ0) is 45.8. The second-order valence-electron chi connectivity index (χ2n) is 16.3. The van der Waals surface area contributed by atoms with Gasteiger partial charge in [-0.2, -0.15) is 0 Å². The highest BCUT2D eigenvalue weighted by Gasteiger charge is 2.19. The van der Waals surface area contributed by atoms with Crippen LogP contribution in [0.5, 0.6) is 0 Å². The van der Waals surface area contributed by atoms with Crippen molar-refractivity contribution in [2.24, 2.45) is 0 Å². The zero-order valence-electron chi connectivity index (χ0n) is 40.5. The number of allylic oxidation sites excluding steroid dienone is 18. The summed E-state index contributed by atoms with van der Waals surface area (Å²) in [6, 6.07) is 0. The van der Waals surface area contributed by atoms with Gasteiger partial charge in [-0.15, -0.1) is 0 Å². The molecule has 1 atom stereocenters. The maximum Gasteiger partial charge on any atom is 0.306 e. The highest BCUT2D eigenvalue weighted by atomic mass is 16.6. The Labute approximate surface area is 387 Å². The standard InChI is InChI=1S/C57H92O6/c1-4-7-10-13-16-19-22-25-28-29-30-33-35-38-41-44-47-50-56(59)62-53-54(63-57(60)51-48-45-42-39-36-32-27-24-21-18-15-12-9-6-3)52-61-55(58)49-46-43-40-37-34-31-26-23-20-17-14-11-8-5-2/h8-9,11-12,17-18,20-21,25-28,30-33,38,41,54H,4-7,10,13-16,19,22-24,29,34-37,39-40,42-53H2,1-3H3/b11-8-,12-9-,20-17-,21-18-,28-25-,31-26-,32-27-,33-30-,41-38-. The van der Waals surface area contributed by atoms with Gasteiger partial charge in [0.2, 0.25) is 0 Å². The lowest BCUT2D eigenvalue weighted by molar-refractivity contribution is -0.167. The van der Waals surface area contributed by atoms with Crippen molar-refractivity contribution in [1.29, 1.82) is 0 Å². The molecule has 63 heavy (non-hydrogen) atoms. The smallest absolute Gasteiger partial charge is 0.306 e. The molecule has 0 rings (SSSR count). The Morgan fingerprint density at radius 1 is 0.333 bits per heavy atom. The molecule has 0 aromatic carbocycles. The lowest BCUT2D eigenvalue weighted by Gasteiger charge is -2.18. The van der Waals surface area contributed by atoms with Crippen molar-refractivity contribution in [3.05, 3.63) is 109 Å². The number of ether oxygens (including phenoxy) is 3. The highest BCUT2D eigenvalue weighted by molar-refractivity contribution is 5.71. The minimum absolute atomic E-state index is 0.117. The molecule has 356 valence electrons. The van der Waals surface area contributed by atoms with E-state index < -0.39 is 6.10 Å². The van der Waals surface area contributed by atoms with Crippen LogP contribution in [0.25, 0.3) is 0 Å². The summed E-state index contributed by atoms with van der Waals surface area (Å²) in [6.07, 6.45) is 67.9. The van der Waals surface area contributed by atoms with Gasteiger partial charge in [-0.25, -0.2) is 0 Å². The first-order chi connectivity index (χ1) is 31.0. The average molecular weight is 873 g/mol. The Bertz CT molecular complexity index is 1330. The van der Waals surface area contributed by atoms with E-state index in [4.69, 9.17) is 14.2 Å². The third kappa shape index (κ3) is 49.0. The summed E-state index contributed by atoms with van der Waals surface area (Å²) in [6.45, 7) is 6.30. The minimum Gasteiger partial charge on any atom is -0.462 e. The van der Waals surface area contributed by atoms with Crippen molar-refractivity contribution in [3.63, 3.8) is 0 Å². The summed E-state index contributed by atoms with van der Waals surface area (Å²) in [4.78, 5) is 37.9. The minimum atomic E-state index is -0.821. The van der Waals surface area contributed by atoms with Crippen molar-refractivity contribution in [2.75, 3.05) is 13.2 Å². The van der Waals surface area contributed by atoms with Gasteiger partial charge in [0.25, 0.3) is 0 Å². The molecule has 0 aromatic rings. The van der Waals surface area contributed by atoms with Gasteiger partial charge in [0.15, 0.2) is 6.10 Å². The lowest BCUT2D eigenvalue weighted by atomic mass is 10.1. The molecule has 6 nitrogen and oxygen atoms in total. The van der Waals surface area contributed by atoms with E-state index in [1.807, 2.05) is 0 Å². The molecule has 0 N–H and O–H groups in total. The second kappa shape index (κ2) is 50.7. The normalized spacial score (nSPS) is 13.0. The molecule has 0 aliphatic carbocycles. The summed E-state index contributed by atoms with van der Waals surface area (Å²) < 4.78 is 16.7. The van der Waals surface area contributed by atoms with Gasteiger partial charge < -0.3 is 14.2 Å². The summed E-state index contributed by atoms with van der Waals surface area (Å²) in [5, 5.41) is 0. The number of carbonyl (C=O) groups is 3. The van der Waals surface area contributed by atoms with Crippen molar-refractivity contribution >= 4 is 17.9 Å². The molecular formula is C57H92O6. The molecule has 1 unspecified atom stereocenters. The number of carbonyl (C=O) groups excluding carboxylic acids is 3. The molecular weight excluding hydrogens is 781 g/mol. The summed E-state index contributed by atoms with van der Waals surface area (Å²) in [5.74, 6) is -1.02. The third-order valence-corrected chi connectivity index (χ3v) is 10.2. The Morgan fingerprint density at radius 3 is 1.03 bits per heavy atom. The average Bonchev–Trinajstić information content (AvgIpc) is 3.28. The predicted octanol–water partition coefficient (Wildman–Crippen LogP) is 16.8. The van der Waals surface area contributed by atoms with E-state index in [2.05, 4.69) is 130 Å². The fraction of sp³-hybridized carbons (Fsp3) is 0.632. The fourth-order valence-electron chi connectivity index (χ4n) is 6.48. The van der Waals surface area contributed by atoms with Gasteiger partial charge >= 0.3 is 17.9 Å². The van der Waals surface area contributed by atoms with E-state index in [-0.39, 0.29) is 44.0 Å². The Hall–Kier alpha value is -3.93. The monoisotopic (exact) mass is 873 g/mol. The molecule has 0 aromatic heterocycles. The van der Waals surface area contributed by atoms with Crippen LogP contribution in [0.2, 0.25) is 0 Å². The van der Waals surface area contributed by atoms with Gasteiger partial charge in [0.1, 0.15) is 13.2 Å². The van der Waals surface area contributed by atoms with Crippen LogP contribution < -0.4 is 0 Å². The first-order valence-electron chi connectivity index (χ1n) is 25.4. The second-order valence-corrected chi connectivity index (χ2v) is 16.3. The van der Waals surface area contributed by atoms with Crippen molar-refractivity contribution < 1.29 is 28.6 Å². The highest BCUT2D eigenvalue weighted by Crippen LogP contribution is 2.12. The number of rotatable bonds is 44. The number of unbranched alkanes of at least 4 members (excludes halogenated alkanes) is 15. The Kier molecular flexibility index (Phi) is 47.5. The molecule has 0 amide bonds. The van der Waals surface area contributed by atoms with Gasteiger partial charge in [0.05, 0.1) is 0 Å². The first-order valence-corrected chi connectivity index (χ1v) is 25.4. The van der Waals surface area contributed by atoms with Crippen molar-refractivity contribution in [1.82, 2.24) is 0 Å². The lowest BCUT2D eigenvalue weighted by Crippen LogP contribution is -2.30. The van der Waals surface area contributed by atoms with Gasteiger partial charge in [0, 0.05) is 19.3 Å². The molecule has 6 heteroatoms. The first kappa shape index (κ1) is 59.1. The molecule has 0 heterocycles. The SMILES string of the molecule is CC/C=C\C/C=C\C/C=C\CCCCCCC(=O)OCC(COC(=O)CCC/C=C\C/C=C\C/C=C\CCCCCCCC)OC(=O)CCCCCC/C=C\C/C=C\C/C=C\CC. The maximum absolute atomic E-state index is 12.8. The van der Waals surface area contributed by atoms with Crippen LogP contribution in [-0.4, -0.2) is 37.2 Å². The van der Waals surface area contributed by atoms with E-state index in [0.717, 1.165) is 122 Å². The fourth-order valence-corrected chi connectivity index (χ4v) is 6.48. The molecule has 0 saturated carbocycles. The van der Waals surface area contributed by atoms with Crippen LogP contribution in [0.4, 0.5) is 0 Å². The quantitative estimate of drug-likeness (QED) is 0.0263. The van der Waals surface area contributed by atoms with Gasteiger partial charge in [-0.1, -0.05) is 188 Å². The van der Waals surface area contributed by atoms with Crippen molar-refractivity contribution in [3.8, 4) is 0 Å². The van der Waals surface area contributed by atoms with Gasteiger partial charge in [-0.05, 0) is 116 Å². The molecule has 0 aliphatic heterocycles. The number of hydrogen-bond acceptors (Lipinski definition) is 6. The van der Waals surface area contributed by atoms with Crippen LogP contribution >= 0.6 is 0 Å². The van der Waals surface area contributed by atoms with E-state index in [9.17, 15) is 14.4 Å². The van der Waals surface area contributed by atoms with Crippen molar-refractivity contribution in [2.45, 2.75) is 219 Å². The van der Waals surface area contributed by atoms with E-state index in [1.165, 1.54) is 44.9 Å². The number of esters is 3. The van der Waals surface area contributed by atoms with E-state index in [1.54, 1.807) is 0 Å². The van der Waals surface area contributed by atoms with Crippen LogP contribution in [-0.2, 0) is 28.6 Å².